The highest BCUT2D eigenvalue weighted by Crippen LogP contribution is 2.28. The Morgan fingerprint density at radius 2 is 1.85 bits per heavy atom. The van der Waals surface area contributed by atoms with E-state index >= 15 is 0 Å². The molecule has 1 saturated heterocycles. The largest absolute Gasteiger partial charge is 0.444 e. The van der Waals surface area contributed by atoms with Crippen LogP contribution in [0.3, 0.4) is 0 Å². The van der Waals surface area contributed by atoms with Crippen LogP contribution < -0.4 is 0 Å². The van der Waals surface area contributed by atoms with Gasteiger partial charge in [0, 0.05) is 12.5 Å². The van der Waals surface area contributed by atoms with Gasteiger partial charge in [0.05, 0.1) is 12.6 Å². The van der Waals surface area contributed by atoms with Crippen LogP contribution >= 0.6 is 0 Å². The number of rotatable bonds is 1. The first-order valence-corrected chi connectivity index (χ1v) is 6.99. The van der Waals surface area contributed by atoms with Gasteiger partial charge in [0.25, 0.3) is 0 Å². The van der Waals surface area contributed by atoms with Gasteiger partial charge in [0.2, 0.25) is 0 Å². The molecule has 0 saturated carbocycles. The minimum atomic E-state index is -0.537. The molecule has 1 aliphatic rings. The molecule has 0 spiro atoms. The Labute approximate surface area is 120 Å². The van der Waals surface area contributed by atoms with Crippen LogP contribution in [0.2, 0.25) is 0 Å². The predicted molar refractivity (Wildman–Crippen MR) is 77.7 cm³/mol. The quantitative estimate of drug-likeness (QED) is 0.858. The van der Waals surface area contributed by atoms with Crippen molar-refractivity contribution in [1.82, 2.24) is 4.90 Å². The highest BCUT2D eigenvalue weighted by molar-refractivity contribution is 5.69. The van der Waals surface area contributed by atoms with Crippen molar-refractivity contribution >= 4 is 6.09 Å². The summed E-state index contributed by atoms with van der Waals surface area (Å²) in [6, 6.07) is 8.08. The molecule has 20 heavy (non-hydrogen) atoms. The van der Waals surface area contributed by atoms with Crippen molar-refractivity contribution in [3.63, 3.8) is 0 Å². The molecule has 110 valence electrons. The summed E-state index contributed by atoms with van der Waals surface area (Å²) in [7, 11) is 0. The number of carbonyl (C=O) groups is 1. The standard InChI is InChI=1S/C16H23NO3/c1-11-5-7-12(8-6-11)13-9-17(10-14(13)18)15(19)20-16(2,3)4/h5-8,13-14,18H,9-10H2,1-4H3/t13-,14+/m0/s1. The van der Waals surface area contributed by atoms with Gasteiger partial charge in [0.1, 0.15) is 5.60 Å². The molecule has 4 nitrogen and oxygen atoms in total. The molecule has 1 amide bonds. The lowest BCUT2D eigenvalue weighted by Gasteiger charge is -2.24. The van der Waals surface area contributed by atoms with Crippen LogP contribution in [0.4, 0.5) is 4.79 Å². The number of amides is 1. The smallest absolute Gasteiger partial charge is 0.410 e. The molecular formula is C16H23NO3. The monoisotopic (exact) mass is 277 g/mol. The number of carbonyl (C=O) groups excluding carboxylic acids is 1. The van der Waals surface area contributed by atoms with Gasteiger partial charge in [0.15, 0.2) is 0 Å². The third-order valence-corrected chi connectivity index (χ3v) is 3.45. The first-order chi connectivity index (χ1) is 9.26. The van der Waals surface area contributed by atoms with Gasteiger partial charge in [-0.3, -0.25) is 0 Å². The first kappa shape index (κ1) is 14.9. The number of aryl methyl sites for hydroxylation is 1. The van der Waals surface area contributed by atoms with E-state index in [9.17, 15) is 9.90 Å². The number of ether oxygens (including phenoxy) is 1. The van der Waals surface area contributed by atoms with Gasteiger partial charge in [-0.05, 0) is 33.3 Å². The average Bonchev–Trinajstić information content (AvgIpc) is 2.70. The van der Waals surface area contributed by atoms with E-state index in [0.29, 0.717) is 13.1 Å². The Morgan fingerprint density at radius 3 is 2.40 bits per heavy atom. The molecule has 2 rings (SSSR count). The number of nitrogens with zero attached hydrogens (tertiary/aromatic N) is 1. The fraction of sp³-hybridized carbons (Fsp3) is 0.562. The third-order valence-electron chi connectivity index (χ3n) is 3.45. The molecule has 0 bridgehead atoms. The summed E-state index contributed by atoms with van der Waals surface area (Å²) in [6.07, 6.45) is -0.892. The van der Waals surface area contributed by atoms with E-state index in [1.165, 1.54) is 5.56 Å². The van der Waals surface area contributed by atoms with Gasteiger partial charge >= 0.3 is 6.09 Å². The van der Waals surface area contributed by atoms with Crippen LogP contribution in [0, 0.1) is 6.92 Å². The van der Waals surface area contributed by atoms with Crippen molar-refractivity contribution in [3.8, 4) is 0 Å². The van der Waals surface area contributed by atoms with Crippen molar-refractivity contribution in [2.24, 2.45) is 0 Å². The zero-order valence-electron chi connectivity index (χ0n) is 12.6. The van der Waals surface area contributed by atoms with Crippen LogP contribution in [0.15, 0.2) is 24.3 Å². The zero-order chi connectivity index (χ0) is 14.9. The summed E-state index contributed by atoms with van der Waals surface area (Å²) < 4.78 is 5.35. The minimum absolute atomic E-state index is 0.0388. The van der Waals surface area contributed by atoms with Crippen LogP contribution in [-0.2, 0) is 4.74 Å². The molecule has 1 aliphatic heterocycles. The Morgan fingerprint density at radius 1 is 1.25 bits per heavy atom. The van der Waals surface area contributed by atoms with Crippen molar-refractivity contribution in [2.45, 2.75) is 45.3 Å². The fourth-order valence-corrected chi connectivity index (χ4v) is 2.40. The van der Waals surface area contributed by atoms with Gasteiger partial charge in [-0.1, -0.05) is 29.8 Å². The van der Waals surface area contributed by atoms with Crippen molar-refractivity contribution in [3.05, 3.63) is 35.4 Å². The maximum Gasteiger partial charge on any atom is 0.410 e. The number of aliphatic hydroxyl groups excluding tert-OH is 1. The maximum absolute atomic E-state index is 12.0. The third kappa shape index (κ3) is 3.51. The molecule has 4 heteroatoms. The van der Waals surface area contributed by atoms with E-state index in [2.05, 4.69) is 0 Å². The van der Waals surface area contributed by atoms with Gasteiger partial charge in [-0.25, -0.2) is 4.79 Å². The zero-order valence-corrected chi connectivity index (χ0v) is 12.6. The molecule has 2 atom stereocenters. The van der Waals surface area contributed by atoms with Crippen molar-refractivity contribution < 1.29 is 14.6 Å². The molecule has 1 aromatic carbocycles. The number of likely N-dealkylation sites (tertiary alicyclic amines) is 1. The molecular weight excluding hydrogens is 254 g/mol. The molecule has 0 unspecified atom stereocenters. The maximum atomic E-state index is 12.0. The van der Waals surface area contributed by atoms with Crippen LogP contribution in [-0.4, -0.2) is 40.9 Å². The van der Waals surface area contributed by atoms with Gasteiger partial charge < -0.3 is 14.7 Å². The number of benzene rings is 1. The number of hydrogen-bond acceptors (Lipinski definition) is 3. The normalized spacial score (nSPS) is 22.9. The molecule has 0 radical (unpaired) electrons. The second-order valence-electron chi connectivity index (χ2n) is 6.47. The molecule has 0 aliphatic carbocycles. The summed E-state index contributed by atoms with van der Waals surface area (Å²) >= 11 is 0. The average molecular weight is 277 g/mol. The lowest BCUT2D eigenvalue weighted by Crippen LogP contribution is -2.35. The van der Waals surface area contributed by atoms with Gasteiger partial charge in [-0.2, -0.15) is 0 Å². The van der Waals surface area contributed by atoms with Crippen molar-refractivity contribution in [2.75, 3.05) is 13.1 Å². The SMILES string of the molecule is Cc1ccc([C@@H]2CN(C(=O)OC(C)(C)C)C[C@H]2O)cc1. The second-order valence-corrected chi connectivity index (χ2v) is 6.47. The Hall–Kier alpha value is -1.55. The van der Waals surface area contributed by atoms with E-state index in [4.69, 9.17) is 4.74 Å². The summed E-state index contributed by atoms with van der Waals surface area (Å²) in [6.45, 7) is 8.38. The Balaban J connectivity index is 2.05. The van der Waals surface area contributed by atoms with E-state index in [0.717, 1.165) is 5.56 Å². The number of hydrogen-bond donors (Lipinski definition) is 1. The van der Waals surface area contributed by atoms with Crippen LogP contribution in [0.25, 0.3) is 0 Å². The molecule has 1 fully saturated rings. The molecule has 0 aromatic heterocycles. The van der Waals surface area contributed by atoms with Crippen LogP contribution in [0.5, 0.6) is 0 Å². The van der Waals surface area contributed by atoms with E-state index in [1.807, 2.05) is 52.0 Å². The fourth-order valence-electron chi connectivity index (χ4n) is 2.40. The minimum Gasteiger partial charge on any atom is -0.444 e. The highest BCUT2D eigenvalue weighted by atomic mass is 16.6. The topological polar surface area (TPSA) is 49.8 Å². The number of aliphatic hydroxyl groups is 1. The van der Waals surface area contributed by atoms with E-state index in [-0.39, 0.29) is 12.0 Å². The summed E-state index contributed by atoms with van der Waals surface area (Å²) in [4.78, 5) is 13.6. The van der Waals surface area contributed by atoms with E-state index in [1.54, 1.807) is 4.90 Å². The summed E-state index contributed by atoms with van der Waals surface area (Å²) in [5.74, 6) is -0.0388. The predicted octanol–water partition coefficient (Wildman–Crippen LogP) is 2.69. The first-order valence-electron chi connectivity index (χ1n) is 6.99. The Bertz CT molecular complexity index is 475. The molecule has 1 N–H and O–H groups in total. The number of β-amino-alcohol motifs (C(OH)–C–C–N with tert-alkyl or cyclic N) is 1. The second kappa shape index (κ2) is 5.44. The lowest BCUT2D eigenvalue weighted by molar-refractivity contribution is 0.0270. The molecule has 1 aromatic rings. The summed E-state index contributed by atoms with van der Waals surface area (Å²) in [5.41, 5.74) is 1.74. The van der Waals surface area contributed by atoms with Gasteiger partial charge in [-0.15, -0.1) is 0 Å². The van der Waals surface area contributed by atoms with Crippen LogP contribution in [0.1, 0.15) is 37.8 Å². The Kier molecular flexibility index (Phi) is 4.04. The molecule has 1 heterocycles. The lowest BCUT2D eigenvalue weighted by atomic mass is 9.95. The summed E-state index contributed by atoms with van der Waals surface area (Å²) in [5, 5.41) is 10.2. The van der Waals surface area contributed by atoms with E-state index < -0.39 is 11.7 Å². The van der Waals surface area contributed by atoms with Crippen molar-refractivity contribution in [1.29, 1.82) is 0 Å². The highest BCUT2D eigenvalue weighted by Gasteiger charge is 2.36.